The molecule has 1 aromatic heterocycles. The number of aryl methyl sites for hydroxylation is 1. The summed E-state index contributed by atoms with van der Waals surface area (Å²) in [6.45, 7) is 4.54. The molecule has 0 unspecified atom stereocenters. The molecule has 2 heterocycles. The summed E-state index contributed by atoms with van der Waals surface area (Å²) in [4.78, 5) is 24.1. The lowest BCUT2D eigenvalue weighted by Gasteiger charge is -2.18. The number of ketones is 1. The number of esters is 1. The highest BCUT2D eigenvalue weighted by molar-refractivity contribution is 6.00. The lowest BCUT2D eigenvalue weighted by Crippen LogP contribution is -2.15. The van der Waals surface area contributed by atoms with Crippen molar-refractivity contribution >= 4 is 17.8 Å². The molecule has 6 heteroatoms. The molecule has 1 aliphatic rings. The van der Waals surface area contributed by atoms with E-state index in [-0.39, 0.29) is 12.4 Å². The third kappa shape index (κ3) is 3.79. The van der Waals surface area contributed by atoms with Crippen LogP contribution in [0.4, 0.5) is 0 Å². The van der Waals surface area contributed by atoms with Crippen molar-refractivity contribution in [1.29, 1.82) is 0 Å². The molecule has 0 bridgehead atoms. The highest BCUT2D eigenvalue weighted by atomic mass is 16.6. The van der Waals surface area contributed by atoms with Crippen molar-refractivity contribution in [2.24, 2.45) is 7.05 Å². The number of ether oxygens (including phenoxy) is 3. The number of aromatic nitrogens is 1. The van der Waals surface area contributed by atoms with Gasteiger partial charge in [0.2, 0.25) is 5.78 Å². The monoisotopic (exact) mass is 355 g/mol. The van der Waals surface area contributed by atoms with E-state index in [1.165, 1.54) is 6.08 Å². The number of hydrogen-bond donors (Lipinski definition) is 0. The summed E-state index contributed by atoms with van der Waals surface area (Å²) in [5.41, 5.74) is 3.20. The fourth-order valence-corrected chi connectivity index (χ4v) is 2.73. The number of Topliss-reactive ketones (excluding diaryl/α,β-unsaturated/α-hetero) is 1. The van der Waals surface area contributed by atoms with E-state index in [0.717, 1.165) is 17.0 Å². The van der Waals surface area contributed by atoms with Crippen LogP contribution >= 0.6 is 0 Å². The van der Waals surface area contributed by atoms with E-state index in [2.05, 4.69) is 0 Å². The first kappa shape index (κ1) is 17.8. The predicted octanol–water partition coefficient (Wildman–Crippen LogP) is 2.85. The molecule has 1 aromatic carbocycles. The van der Waals surface area contributed by atoms with Gasteiger partial charge in [0, 0.05) is 30.1 Å². The molecule has 0 atom stereocenters. The van der Waals surface area contributed by atoms with Gasteiger partial charge in [-0.15, -0.1) is 0 Å². The number of nitrogens with zero attached hydrogens (tertiary/aromatic N) is 1. The summed E-state index contributed by atoms with van der Waals surface area (Å²) < 4.78 is 17.9. The summed E-state index contributed by atoms with van der Waals surface area (Å²) in [7, 11) is 1.89. The first-order chi connectivity index (χ1) is 12.5. The molecule has 6 nitrogen and oxygen atoms in total. The normalized spacial score (nSPS) is 13.0. The van der Waals surface area contributed by atoms with Crippen LogP contribution in [0.1, 0.15) is 27.3 Å². The Morgan fingerprint density at radius 3 is 2.58 bits per heavy atom. The third-order valence-electron chi connectivity index (χ3n) is 4.40. The molecular formula is C20H21NO5. The van der Waals surface area contributed by atoms with Gasteiger partial charge in [0.05, 0.1) is 0 Å². The third-order valence-corrected chi connectivity index (χ3v) is 4.40. The highest BCUT2D eigenvalue weighted by Crippen LogP contribution is 2.31. The average Bonchev–Trinajstić information content (AvgIpc) is 2.91. The molecular weight excluding hydrogens is 334 g/mol. The number of carbonyl (C=O) groups is 2. The van der Waals surface area contributed by atoms with E-state index >= 15 is 0 Å². The smallest absolute Gasteiger partial charge is 0.331 e. The minimum Gasteiger partial charge on any atom is -0.486 e. The Labute approximate surface area is 152 Å². The number of hydrogen-bond acceptors (Lipinski definition) is 5. The molecule has 0 N–H and O–H groups in total. The topological polar surface area (TPSA) is 66.8 Å². The van der Waals surface area contributed by atoms with Gasteiger partial charge in [-0.25, -0.2) is 4.79 Å². The Bertz CT molecular complexity index is 879. The van der Waals surface area contributed by atoms with Gasteiger partial charge in [-0.1, -0.05) is 6.07 Å². The van der Waals surface area contributed by atoms with Gasteiger partial charge in [-0.05, 0) is 43.7 Å². The van der Waals surface area contributed by atoms with Crippen molar-refractivity contribution in [3.05, 3.63) is 52.9 Å². The Morgan fingerprint density at radius 2 is 1.88 bits per heavy atom. The minimum absolute atomic E-state index is 0.215. The second-order valence-electron chi connectivity index (χ2n) is 6.11. The molecule has 0 fully saturated rings. The molecule has 2 aromatic rings. The van der Waals surface area contributed by atoms with Gasteiger partial charge in [-0.2, -0.15) is 0 Å². The highest BCUT2D eigenvalue weighted by Gasteiger charge is 2.15. The van der Waals surface area contributed by atoms with E-state index in [1.807, 2.05) is 31.5 Å². The van der Waals surface area contributed by atoms with E-state index in [0.29, 0.717) is 30.3 Å². The van der Waals surface area contributed by atoms with Gasteiger partial charge in [0.25, 0.3) is 0 Å². The van der Waals surface area contributed by atoms with Crippen LogP contribution in [0.5, 0.6) is 11.5 Å². The van der Waals surface area contributed by atoms with E-state index in [9.17, 15) is 9.59 Å². The number of fused-ring (bicyclic) bond motifs is 1. The quantitative estimate of drug-likeness (QED) is 0.469. The lowest BCUT2D eigenvalue weighted by molar-refractivity contribution is -0.136. The van der Waals surface area contributed by atoms with Crippen LogP contribution in [0.2, 0.25) is 0 Å². The standard InChI is InChI=1S/C20H21NO5/c1-13-10-16(14(2)21(13)3)17(22)12-26-20(23)7-5-15-4-6-18-19(11-15)25-9-8-24-18/h4-7,10-11H,8-9,12H2,1-3H3/b7-5+. The zero-order valence-corrected chi connectivity index (χ0v) is 15.1. The Hall–Kier alpha value is -3.02. The van der Waals surface area contributed by atoms with Crippen LogP contribution in [-0.4, -0.2) is 36.1 Å². The molecule has 3 rings (SSSR count). The zero-order valence-electron chi connectivity index (χ0n) is 15.1. The maximum atomic E-state index is 12.2. The maximum Gasteiger partial charge on any atom is 0.331 e. The molecule has 0 amide bonds. The molecule has 0 radical (unpaired) electrons. The van der Waals surface area contributed by atoms with Crippen LogP contribution in [-0.2, 0) is 16.6 Å². The van der Waals surface area contributed by atoms with Crippen molar-refractivity contribution < 1.29 is 23.8 Å². The van der Waals surface area contributed by atoms with E-state index < -0.39 is 5.97 Å². The van der Waals surface area contributed by atoms with Crippen molar-refractivity contribution in [2.75, 3.05) is 19.8 Å². The second kappa shape index (κ2) is 7.47. The largest absolute Gasteiger partial charge is 0.486 e. The first-order valence-corrected chi connectivity index (χ1v) is 8.36. The van der Waals surface area contributed by atoms with Crippen molar-refractivity contribution in [2.45, 2.75) is 13.8 Å². The Balaban J connectivity index is 1.57. The van der Waals surface area contributed by atoms with Gasteiger partial charge in [-0.3, -0.25) is 4.79 Å². The van der Waals surface area contributed by atoms with Gasteiger partial charge in [0.1, 0.15) is 13.2 Å². The van der Waals surface area contributed by atoms with Crippen molar-refractivity contribution in [1.82, 2.24) is 4.57 Å². The van der Waals surface area contributed by atoms with Crippen LogP contribution in [0.3, 0.4) is 0 Å². The number of carbonyl (C=O) groups excluding carboxylic acids is 2. The van der Waals surface area contributed by atoms with Crippen LogP contribution in [0.15, 0.2) is 30.3 Å². The number of rotatable bonds is 5. The molecule has 0 saturated heterocycles. The first-order valence-electron chi connectivity index (χ1n) is 8.36. The molecule has 136 valence electrons. The summed E-state index contributed by atoms with van der Waals surface area (Å²) in [6.07, 6.45) is 2.91. The van der Waals surface area contributed by atoms with Gasteiger partial charge < -0.3 is 18.8 Å². The van der Waals surface area contributed by atoms with Crippen LogP contribution in [0.25, 0.3) is 6.08 Å². The SMILES string of the molecule is Cc1cc(C(=O)COC(=O)/C=C/c2ccc3c(c2)OCCO3)c(C)n1C. The Kier molecular flexibility index (Phi) is 5.11. The lowest BCUT2D eigenvalue weighted by atomic mass is 10.1. The minimum atomic E-state index is -0.571. The molecule has 1 aliphatic heterocycles. The van der Waals surface area contributed by atoms with E-state index in [1.54, 1.807) is 24.3 Å². The molecule has 0 spiro atoms. The molecule has 0 aliphatic carbocycles. The van der Waals surface area contributed by atoms with Gasteiger partial charge in [0.15, 0.2) is 18.1 Å². The molecule has 26 heavy (non-hydrogen) atoms. The van der Waals surface area contributed by atoms with Crippen LogP contribution in [0, 0.1) is 13.8 Å². The predicted molar refractivity (Wildman–Crippen MR) is 96.6 cm³/mol. The van der Waals surface area contributed by atoms with Crippen molar-refractivity contribution in [3.8, 4) is 11.5 Å². The van der Waals surface area contributed by atoms with Crippen LogP contribution < -0.4 is 9.47 Å². The zero-order chi connectivity index (χ0) is 18.7. The second-order valence-corrected chi connectivity index (χ2v) is 6.11. The summed E-state index contributed by atoms with van der Waals surface area (Å²) in [5.74, 6) is 0.554. The van der Waals surface area contributed by atoms with Gasteiger partial charge >= 0.3 is 5.97 Å². The summed E-state index contributed by atoms with van der Waals surface area (Å²) in [5, 5.41) is 0. The van der Waals surface area contributed by atoms with Crippen molar-refractivity contribution in [3.63, 3.8) is 0 Å². The fraction of sp³-hybridized carbons (Fsp3) is 0.300. The van der Waals surface area contributed by atoms with E-state index in [4.69, 9.17) is 14.2 Å². The fourth-order valence-electron chi connectivity index (χ4n) is 2.73. The summed E-state index contributed by atoms with van der Waals surface area (Å²) >= 11 is 0. The number of benzene rings is 1. The Morgan fingerprint density at radius 1 is 1.15 bits per heavy atom. The maximum absolute atomic E-state index is 12.2. The average molecular weight is 355 g/mol. The summed E-state index contributed by atoms with van der Waals surface area (Å²) in [6, 6.07) is 7.21. The molecule has 0 saturated carbocycles.